The van der Waals surface area contributed by atoms with E-state index in [0.717, 1.165) is 24.2 Å². The number of benzene rings is 1. The van der Waals surface area contributed by atoms with Crippen molar-refractivity contribution < 1.29 is 9.53 Å². The smallest absolute Gasteiger partial charge is 0.309 e. The van der Waals surface area contributed by atoms with Crippen molar-refractivity contribution in [2.75, 3.05) is 0 Å². The van der Waals surface area contributed by atoms with Gasteiger partial charge in [0, 0.05) is 5.02 Å². The van der Waals surface area contributed by atoms with Gasteiger partial charge in [-0.2, -0.15) is 0 Å². The summed E-state index contributed by atoms with van der Waals surface area (Å²) in [5.41, 5.74) is 1.81. The maximum atomic E-state index is 11.0. The van der Waals surface area contributed by atoms with Crippen molar-refractivity contribution in [1.29, 1.82) is 0 Å². The van der Waals surface area contributed by atoms with E-state index < -0.39 is 0 Å². The van der Waals surface area contributed by atoms with E-state index in [4.69, 9.17) is 22.9 Å². The minimum Gasteiger partial charge on any atom is -0.461 e. The minimum atomic E-state index is -0.00458. The van der Waals surface area contributed by atoms with Crippen LogP contribution >= 0.6 is 11.6 Å². The average Bonchev–Trinajstić information content (AvgIpc) is 2.71. The molecule has 0 N–H and O–H groups in total. The van der Waals surface area contributed by atoms with Crippen molar-refractivity contribution in [2.24, 2.45) is 23.7 Å². The summed E-state index contributed by atoms with van der Waals surface area (Å²) in [5, 5.41) is 0.587. The number of aryl methyl sites for hydroxylation is 1. The molecule has 1 unspecified atom stereocenters. The Bertz CT molecular complexity index is 731. The Morgan fingerprint density at radius 3 is 2.18 bits per heavy atom. The Morgan fingerprint density at radius 1 is 1.00 bits per heavy atom. The van der Waals surface area contributed by atoms with Gasteiger partial charge in [-0.25, -0.2) is 4.85 Å². The zero-order valence-electron chi connectivity index (χ0n) is 16.5. The second-order valence-corrected chi connectivity index (χ2v) is 9.53. The van der Waals surface area contributed by atoms with Gasteiger partial charge < -0.3 is 4.74 Å². The Morgan fingerprint density at radius 2 is 1.61 bits per heavy atom. The molecule has 3 fully saturated rings. The van der Waals surface area contributed by atoms with Gasteiger partial charge >= 0.3 is 5.97 Å². The molecule has 150 valence electrons. The lowest BCUT2D eigenvalue weighted by Crippen LogP contribution is -2.41. The third-order valence-electron chi connectivity index (χ3n) is 7.52. The number of halogens is 1. The molecule has 1 aromatic rings. The third kappa shape index (κ3) is 4.54. The van der Waals surface area contributed by atoms with E-state index in [0.29, 0.717) is 23.0 Å². The van der Waals surface area contributed by atoms with Crippen LogP contribution < -0.4 is 0 Å². The number of rotatable bonds is 5. The number of esters is 1. The molecule has 1 aromatic carbocycles. The lowest BCUT2D eigenvalue weighted by atomic mass is 9.67. The number of cyclic esters (lactones) is 1. The van der Waals surface area contributed by atoms with Crippen LogP contribution in [0.2, 0.25) is 5.02 Å². The molecule has 2 saturated carbocycles. The first-order valence-electron chi connectivity index (χ1n) is 11.0. The first-order chi connectivity index (χ1) is 13.6. The van der Waals surface area contributed by atoms with Crippen LogP contribution in [0.25, 0.3) is 4.85 Å². The second kappa shape index (κ2) is 8.87. The van der Waals surface area contributed by atoms with Crippen molar-refractivity contribution in [2.45, 2.75) is 76.7 Å². The lowest BCUT2D eigenvalue weighted by Gasteiger charge is -2.41. The molecule has 3 aliphatic rings. The first kappa shape index (κ1) is 19.8. The normalized spacial score (nSPS) is 32.9. The van der Waals surface area contributed by atoms with E-state index in [-0.39, 0.29) is 12.1 Å². The van der Waals surface area contributed by atoms with E-state index in [1.165, 1.54) is 63.4 Å². The summed E-state index contributed by atoms with van der Waals surface area (Å²) in [6, 6.07) is 5.88. The van der Waals surface area contributed by atoms with Crippen LogP contribution in [0.4, 0.5) is 5.69 Å². The number of ether oxygens (including phenoxy) is 1. The zero-order chi connectivity index (χ0) is 19.5. The highest BCUT2D eigenvalue weighted by molar-refractivity contribution is 6.33. The van der Waals surface area contributed by atoms with Crippen molar-refractivity contribution in [3.63, 3.8) is 0 Å². The Kier molecular flexibility index (Phi) is 6.26. The average molecular weight is 400 g/mol. The van der Waals surface area contributed by atoms with Crippen molar-refractivity contribution >= 4 is 23.3 Å². The molecule has 4 heteroatoms. The molecule has 0 bridgehead atoms. The fourth-order valence-electron chi connectivity index (χ4n) is 5.69. The largest absolute Gasteiger partial charge is 0.461 e. The molecular formula is C24H30ClNO2. The molecule has 1 atom stereocenters. The van der Waals surface area contributed by atoms with Crippen LogP contribution in [0.3, 0.4) is 0 Å². The Labute approximate surface area is 173 Å². The minimum absolute atomic E-state index is 0.00458. The number of carbonyl (C=O) groups is 1. The summed E-state index contributed by atoms with van der Waals surface area (Å²) in [6.07, 6.45) is 13.9. The van der Waals surface area contributed by atoms with Gasteiger partial charge in [-0.15, -0.1) is 0 Å². The highest BCUT2D eigenvalue weighted by Gasteiger charge is 2.39. The van der Waals surface area contributed by atoms with Crippen molar-refractivity contribution in [1.82, 2.24) is 0 Å². The van der Waals surface area contributed by atoms with Crippen molar-refractivity contribution in [3.8, 4) is 0 Å². The number of hydrogen-bond donors (Lipinski definition) is 0. The molecule has 1 heterocycles. The Hall–Kier alpha value is -1.53. The van der Waals surface area contributed by atoms with Gasteiger partial charge in [0.05, 0.1) is 13.0 Å². The third-order valence-corrected chi connectivity index (χ3v) is 7.83. The van der Waals surface area contributed by atoms with E-state index in [1.807, 2.05) is 12.1 Å². The molecule has 0 aromatic heterocycles. The lowest BCUT2D eigenvalue weighted by molar-refractivity contribution is -0.176. The topological polar surface area (TPSA) is 30.7 Å². The molecule has 2 aliphatic carbocycles. The van der Waals surface area contributed by atoms with E-state index in [2.05, 4.69) is 10.9 Å². The molecule has 4 rings (SSSR count). The summed E-state index contributed by atoms with van der Waals surface area (Å²) < 4.78 is 5.30. The molecule has 1 aliphatic heterocycles. The summed E-state index contributed by atoms with van der Waals surface area (Å²) in [5.74, 6) is 3.27. The van der Waals surface area contributed by atoms with Gasteiger partial charge in [0.25, 0.3) is 0 Å². The van der Waals surface area contributed by atoms with Crippen LogP contribution in [0, 0.1) is 30.2 Å². The Balaban J connectivity index is 1.17. The number of nitrogens with zero attached hydrogens (tertiary/aromatic N) is 1. The van der Waals surface area contributed by atoms with Gasteiger partial charge in [0.2, 0.25) is 5.69 Å². The molecule has 0 amide bonds. The van der Waals surface area contributed by atoms with Crippen LogP contribution in [0.1, 0.15) is 69.8 Å². The van der Waals surface area contributed by atoms with Crippen molar-refractivity contribution in [3.05, 3.63) is 40.2 Å². The van der Waals surface area contributed by atoms with Crippen LogP contribution in [-0.4, -0.2) is 12.1 Å². The molecule has 0 radical (unpaired) electrons. The fraction of sp³-hybridized carbons (Fsp3) is 0.667. The first-order valence-corrected chi connectivity index (χ1v) is 11.4. The summed E-state index contributed by atoms with van der Waals surface area (Å²) in [6.45, 7) is 7.09. The van der Waals surface area contributed by atoms with Gasteiger partial charge in [-0.3, -0.25) is 4.79 Å². The standard InChI is InChI=1S/C24H30ClNO2/c1-26-22-13-6-17(14-21(22)25)3-2-16-4-7-18(8-5-16)19-9-11-20(12-10-19)23-15-24(27)28-23/h6,13-14,16,18-20,23H,2-5,7-12,15H2. The van der Waals surface area contributed by atoms with Crippen LogP contribution in [0.5, 0.6) is 0 Å². The van der Waals surface area contributed by atoms with E-state index >= 15 is 0 Å². The number of carbonyl (C=O) groups excluding carboxylic acids is 1. The van der Waals surface area contributed by atoms with Gasteiger partial charge in [0.1, 0.15) is 6.10 Å². The van der Waals surface area contributed by atoms with E-state index in [9.17, 15) is 4.79 Å². The summed E-state index contributed by atoms with van der Waals surface area (Å²) in [7, 11) is 0. The molecule has 0 spiro atoms. The maximum Gasteiger partial charge on any atom is 0.309 e. The van der Waals surface area contributed by atoms with Gasteiger partial charge in [-0.05, 0) is 80.6 Å². The molecule has 28 heavy (non-hydrogen) atoms. The zero-order valence-corrected chi connectivity index (χ0v) is 17.3. The van der Waals surface area contributed by atoms with Crippen LogP contribution in [0.15, 0.2) is 18.2 Å². The quantitative estimate of drug-likeness (QED) is 0.404. The summed E-state index contributed by atoms with van der Waals surface area (Å²) >= 11 is 6.17. The predicted molar refractivity (Wildman–Crippen MR) is 111 cm³/mol. The fourth-order valence-corrected chi connectivity index (χ4v) is 5.94. The van der Waals surface area contributed by atoms with E-state index in [1.54, 1.807) is 0 Å². The molecule has 3 nitrogen and oxygen atoms in total. The predicted octanol–water partition coefficient (Wildman–Crippen LogP) is 6.75. The van der Waals surface area contributed by atoms with Crippen LogP contribution in [-0.2, 0) is 16.0 Å². The molecular weight excluding hydrogens is 370 g/mol. The SMILES string of the molecule is [C-]#[N+]c1ccc(CCC2CCC(C3CCC(C4CC(=O)O4)CC3)CC2)cc1Cl. The highest BCUT2D eigenvalue weighted by atomic mass is 35.5. The maximum absolute atomic E-state index is 11.0. The second-order valence-electron chi connectivity index (χ2n) is 9.12. The highest BCUT2D eigenvalue weighted by Crippen LogP contribution is 2.44. The van der Waals surface area contributed by atoms with Gasteiger partial charge in [0.15, 0.2) is 0 Å². The number of hydrogen-bond acceptors (Lipinski definition) is 2. The monoisotopic (exact) mass is 399 g/mol. The summed E-state index contributed by atoms with van der Waals surface area (Å²) in [4.78, 5) is 14.5. The van der Waals surface area contributed by atoms with Gasteiger partial charge in [-0.1, -0.05) is 42.6 Å². The molecule has 1 saturated heterocycles.